The number of carbonyl (C=O) groups is 1. The van der Waals surface area contributed by atoms with Gasteiger partial charge in [0.15, 0.2) is 0 Å². The van der Waals surface area contributed by atoms with Gasteiger partial charge in [-0.25, -0.2) is 14.8 Å². The van der Waals surface area contributed by atoms with Gasteiger partial charge >= 0.3 is 6.09 Å². The number of anilines is 1. The Morgan fingerprint density at radius 3 is 2.79 bits per heavy atom. The maximum absolute atomic E-state index is 12.6. The van der Waals surface area contributed by atoms with Crippen LogP contribution in [0.25, 0.3) is 0 Å². The van der Waals surface area contributed by atoms with E-state index < -0.39 is 22.5 Å². The number of fused-ring (bicyclic) bond motifs is 1. The molecule has 1 unspecified atom stereocenters. The van der Waals surface area contributed by atoms with Gasteiger partial charge in [0.1, 0.15) is 11.4 Å². The molecule has 0 aromatic carbocycles. The summed E-state index contributed by atoms with van der Waals surface area (Å²) in [6.07, 6.45) is 3.77. The molecule has 156 valence electrons. The van der Waals surface area contributed by atoms with Gasteiger partial charge in [0.05, 0.1) is 41.6 Å². The van der Waals surface area contributed by atoms with E-state index in [2.05, 4.69) is 25.9 Å². The van der Waals surface area contributed by atoms with Gasteiger partial charge in [-0.15, -0.1) is 0 Å². The number of nitriles is 1. The monoisotopic (exact) mass is 418 g/mol. The molecule has 2 atom stereocenters. The zero-order valence-corrected chi connectivity index (χ0v) is 18.0. The summed E-state index contributed by atoms with van der Waals surface area (Å²) in [5.41, 5.74) is 1.15. The van der Waals surface area contributed by atoms with Crippen LogP contribution in [0.15, 0.2) is 10.1 Å². The molecule has 0 aliphatic carbocycles. The minimum atomic E-state index is -1.32. The van der Waals surface area contributed by atoms with Crippen LogP contribution in [0.1, 0.15) is 38.4 Å². The van der Waals surface area contributed by atoms with Crippen molar-refractivity contribution in [2.45, 2.75) is 57.0 Å². The third-order valence-electron chi connectivity index (χ3n) is 4.71. The van der Waals surface area contributed by atoms with E-state index in [1.54, 1.807) is 11.2 Å². The molecule has 2 aliphatic heterocycles. The lowest BCUT2D eigenvalue weighted by atomic mass is 10.1. The minimum absolute atomic E-state index is 0.192. The highest BCUT2D eigenvalue weighted by molar-refractivity contribution is 7.84. The summed E-state index contributed by atoms with van der Waals surface area (Å²) < 4.78 is 17.5. The average Bonchev–Trinajstić information content (AvgIpc) is 2.66. The number of amides is 1. The number of hydrogen-bond acceptors (Lipinski definition) is 8. The van der Waals surface area contributed by atoms with Crippen molar-refractivity contribution in [2.24, 2.45) is 4.99 Å². The quantitative estimate of drug-likeness (QED) is 0.687. The number of ether oxygens (including phenoxy) is 1. The predicted molar refractivity (Wildman–Crippen MR) is 109 cm³/mol. The van der Waals surface area contributed by atoms with Crippen molar-refractivity contribution in [2.75, 3.05) is 30.8 Å². The molecular formula is C19H26N6O3S. The van der Waals surface area contributed by atoms with Gasteiger partial charge < -0.3 is 14.5 Å². The largest absolute Gasteiger partial charge is 0.444 e. The molecule has 0 radical (unpaired) electrons. The summed E-state index contributed by atoms with van der Waals surface area (Å²) in [6.45, 7) is 7.30. The number of aliphatic imine (C=N–C) groups is 1. The first-order valence-corrected chi connectivity index (χ1v) is 11.1. The number of nitrogens with zero attached hydrogens (tertiary/aromatic N) is 6. The Hall–Kier alpha value is -2.54. The van der Waals surface area contributed by atoms with Crippen molar-refractivity contribution in [3.63, 3.8) is 0 Å². The second kappa shape index (κ2) is 8.45. The summed E-state index contributed by atoms with van der Waals surface area (Å²) in [4.78, 5) is 29.5. The van der Waals surface area contributed by atoms with E-state index in [1.165, 1.54) is 0 Å². The lowest BCUT2D eigenvalue weighted by Crippen LogP contribution is -2.56. The van der Waals surface area contributed by atoms with E-state index in [0.29, 0.717) is 32.6 Å². The number of piperazine rings is 1. The highest BCUT2D eigenvalue weighted by atomic mass is 32.2. The molecule has 3 rings (SSSR count). The van der Waals surface area contributed by atoms with Crippen molar-refractivity contribution in [1.82, 2.24) is 14.9 Å². The molecule has 1 fully saturated rings. The molecule has 2 aliphatic rings. The Kier molecular flexibility index (Phi) is 6.17. The second-order valence-corrected chi connectivity index (χ2v) is 9.35. The normalized spacial score (nSPS) is 20.0. The second-order valence-electron chi connectivity index (χ2n) is 8.07. The van der Waals surface area contributed by atoms with Crippen LogP contribution in [-0.4, -0.2) is 68.9 Å². The zero-order chi connectivity index (χ0) is 21.2. The summed E-state index contributed by atoms with van der Waals surface area (Å²) >= 11 is 0. The predicted octanol–water partition coefficient (Wildman–Crippen LogP) is 1.68. The van der Waals surface area contributed by atoms with E-state index in [9.17, 15) is 14.3 Å². The van der Waals surface area contributed by atoms with Gasteiger partial charge in [-0.3, -0.25) is 9.20 Å². The molecular weight excluding hydrogens is 392 g/mol. The Balaban J connectivity index is 1.89. The molecule has 1 saturated heterocycles. The summed E-state index contributed by atoms with van der Waals surface area (Å²) in [6, 6.07) is 1.85. The number of carbonyl (C=O) groups excluding carboxylic acids is 1. The van der Waals surface area contributed by atoms with Gasteiger partial charge in [-0.05, 0) is 20.8 Å². The minimum Gasteiger partial charge on any atom is -0.444 e. The van der Waals surface area contributed by atoms with E-state index >= 15 is 0 Å². The molecule has 0 bridgehead atoms. The first-order chi connectivity index (χ1) is 13.7. The number of aromatic nitrogens is 2. The highest BCUT2D eigenvalue weighted by Gasteiger charge is 2.35. The molecule has 1 aromatic heterocycles. The lowest BCUT2D eigenvalue weighted by molar-refractivity contribution is 0.0145. The van der Waals surface area contributed by atoms with E-state index in [1.807, 2.05) is 27.0 Å². The van der Waals surface area contributed by atoms with Crippen LogP contribution < -0.4 is 4.90 Å². The maximum atomic E-state index is 12.6. The number of hydrogen-bond donors (Lipinski definition) is 0. The zero-order valence-electron chi connectivity index (χ0n) is 17.2. The molecule has 29 heavy (non-hydrogen) atoms. The van der Waals surface area contributed by atoms with Crippen molar-refractivity contribution in [3.05, 3.63) is 11.3 Å². The molecule has 1 amide bonds. The molecule has 3 heterocycles. The fraction of sp³-hybridized carbons (Fsp3) is 0.632. The van der Waals surface area contributed by atoms with Crippen LogP contribution in [0, 0.1) is 11.3 Å². The van der Waals surface area contributed by atoms with Crippen LogP contribution in [0.3, 0.4) is 0 Å². The molecule has 0 saturated carbocycles. The van der Waals surface area contributed by atoms with Crippen molar-refractivity contribution < 1.29 is 13.7 Å². The van der Waals surface area contributed by atoms with Crippen LogP contribution in [0.5, 0.6) is 0 Å². The standard InChI is InChI=1S/C19H26N6O3S/c1-19(2,3)28-18(26)25-10-9-24(12-13(25)5-7-20)16-14-6-8-21-11-15(14)22-17(23-16)29(4)27/h8,13H,5-6,9-12H2,1-4H3/t13-,29?/m0/s1. The van der Waals surface area contributed by atoms with Crippen LogP contribution >= 0.6 is 0 Å². The van der Waals surface area contributed by atoms with Gasteiger partial charge in [0, 0.05) is 44.1 Å². The highest BCUT2D eigenvalue weighted by Crippen LogP contribution is 2.28. The Bertz CT molecular complexity index is 889. The molecule has 1 aromatic rings. The molecule has 0 spiro atoms. The summed E-state index contributed by atoms with van der Waals surface area (Å²) in [7, 11) is -1.32. The van der Waals surface area contributed by atoms with Crippen molar-refractivity contribution >= 4 is 28.9 Å². The Morgan fingerprint density at radius 1 is 1.38 bits per heavy atom. The topological polar surface area (TPSA) is 112 Å². The first kappa shape index (κ1) is 21.2. The smallest absolute Gasteiger partial charge is 0.410 e. The van der Waals surface area contributed by atoms with Crippen molar-refractivity contribution in [1.29, 1.82) is 5.26 Å². The SMILES string of the molecule is CS(=O)c1nc2c(c(N3CCN(C(=O)OC(C)(C)C)[C@@H](CC#N)C3)n1)CC=NC2. The van der Waals surface area contributed by atoms with Crippen molar-refractivity contribution in [3.8, 4) is 6.07 Å². The Labute approximate surface area is 173 Å². The third-order valence-corrected chi connectivity index (χ3v) is 5.41. The molecule has 10 heteroatoms. The first-order valence-electron chi connectivity index (χ1n) is 9.52. The molecule has 9 nitrogen and oxygen atoms in total. The summed E-state index contributed by atoms with van der Waals surface area (Å²) in [5, 5.41) is 9.57. The average molecular weight is 419 g/mol. The summed E-state index contributed by atoms with van der Waals surface area (Å²) in [5.74, 6) is 0.720. The maximum Gasteiger partial charge on any atom is 0.410 e. The Morgan fingerprint density at radius 2 is 2.14 bits per heavy atom. The van der Waals surface area contributed by atoms with Gasteiger partial charge in [-0.1, -0.05) is 0 Å². The fourth-order valence-electron chi connectivity index (χ4n) is 3.42. The van der Waals surface area contributed by atoms with Gasteiger partial charge in [0.25, 0.3) is 0 Å². The third kappa shape index (κ3) is 4.90. The van der Waals surface area contributed by atoms with E-state index in [-0.39, 0.29) is 17.6 Å². The van der Waals surface area contributed by atoms with Crippen LogP contribution in [0.2, 0.25) is 0 Å². The van der Waals surface area contributed by atoms with Crippen LogP contribution in [0.4, 0.5) is 10.6 Å². The lowest BCUT2D eigenvalue weighted by Gasteiger charge is -2.42. The van der Waals surface area contributed by atoms with Gasteiger partial charge in [0.2, 0.25) is 5.16 Å². The molecule has 0 N–H and O–H groups in total. The van der Waals surface area contributed by atoms with Crippen LogP contribution in [-0.2, 0) is 28.5 Å². The fourth-order valence-corrected chi connectivity index (χ4v) is 3.87. The van der Waals surface area contributed by atoms with Gasteiger partial charge in [-0.2, -0.15) is 5.26 Å². The number of rotatable bonds is 3. The van der Waals surface area contributed by atoms with E-state index in [0.717, 1.165) is 17.1 Å². The van der Waals surface area contributed by atoms with E-state index in [4.69, 9.17) is 4.74 Å².